The molecule has 0 saturated carbocycles. The fourth-order valence-electron chi connectivity index (χ4n) is 1.27. The zero-order valence-electron chi connectivity index (χ0n) is 9.77. The van der Waals surface area contributed by atoms with Crippen molar-refractivity contribution in [3.8, 4) is 0 Å². The largest absolute Gasteiger partial charge is 0.458 e. The van der Waals surface area contributed by atoms with Crippen molar-refractivity contribution in [1.82, 2.24) is 0 Å². The van der Waals surface area contributed by atoms with Crippen LogP contribution in [0.5, 0.6) is 0 Å². The van der Waals surface area contributed by atoms with E-state index in [1.165, 1.54) is 12.2 Å². The van der Waals surface area contributed by atoms with Crippen LogP contribution in [0, 0.1) is 0 Å². The molecule has 0 bridgehead atoms. The Kier molecular flexibility index (Phi) is 4.21. The molecule has 1 aliphatic rings. The van der Waals surface area contributed by atoms with Crippen LogP contribution in [-0.2, 0) is 19.1 Å². The van der Waals surface area contributed by atoms with Crippen molar-refractivity contribution >= 4 is 11.9 Å². The molecule has 1 heterocycles. The third-order valence-corrected chi connectivity index (χ3v) is 2.03. The number of carbonyl (C=O) groups excluding carboxylic acids is 2. The topological polar surface area (TPSA) is 52.6 Å². The van der Waals surface area contributed by atoms with Crippen LogP contribution in [0.25, 0.3) is 0 Å². The van der Waals surface area contributed by atoms with Gasteiger partial charge >= 0.3 is 11.9 Å². The van der Waals surface area contributed by atoms with E-state index in [4.69, 9.17) is 4.74 Å². The Morgan fingerprint density at radius 1 is 1.17 bits per heavy atom. The summed E-state index contributed by atoms with van der Waals surface area (Å²) in [5, 5.41) is 0. The second kappa shape index (κ2) is 5.63. The summed E-state index contributed by atoms with van der Waals surface area (Å²) in [5.41, 5.74) is -0.00588. The van der Waals surface area contributed by atoms with Crippen molar-refractivity contribution in [1.29, 1.82) is 0 Å². The zero-order valence-corrected chi connectivity index (χ0v) is 9.77. The van der Waals surface area contributed by atoms with Crippen molar-refractivity contribution in [3.05, 3.63) is 73.3 Å². The molecule has 1 aliphatic heterocycles. The molecule has 0 aromatic rings. The van der Waals surface area contributed by atoms with Crippen molar-refractivity contribution in [2.24, 2.45) is 0 Å². The molecule has 0 atom stereocenters. The normalized spacial score (nSPS) is 14.7. The fourth-order valence-corrected chi connectivity index (χ4v) is 1.27. The van der Waals surface area contributed by atoms with E-state index in [9.17, 15) is 9.59 Å². The average Bonchev–Trinajstić information content (AvgIpc) is 2.60. The van der Waals surface area contributed by atoms with Gasteiger partial charge in [-0.3, -0.25) is 0 Å². The second-order valence-corrected chi connectivity index (χ2v) is 3.26. The van der Waals surface area contributed by atoms with Crippen LogP contribution in [0.3, 0.4) is 0 Å². The summed E-state index contributed by atoms with van der Waals surface area (Å²) in [6.45, 7) is 14.1. The summed E-state index contributed by atoms with van der Waals surface area (Å²) in [4.78, 5) is 22.7. The number of cyclic esters (lactones) is 2. The van der Waals surface area contributed by atoms with Gasteiger partial charge in [-0.1, -0.05) is 44.5 Å². The molecule has 0 unspecified atom stereocenters. The van der Waals surface area contributed by atoms with E-state index >= 15 is 0 Å². The fraction of sp³-hybridized carbons (Fsp3) is 0. The maximum absolute atomic E-state index is 11.4. The molecule has 0 aliphatic carbocycles. The Bertz CT molecular complexity index is 518. The van der Waals surface area contributed by atoms with E-state index < -0.39 is 11.9 Å². The molecule has 0 amide bonds. The smallest absolute Gasteiger partial charge is 0.350 e. The van der Waals surface area contributed by atoms with Crippen LogP contribution in [-0.4, -0.2) is 11.9 Å². The molecule has 4 nitrogen and oxygen atoms in total. The predicted molar refractivity (Wildman–Crippen MR) is 67.0 cm³/mol. The van der Waals surface area contributed by atoms with Gasteiger partial charge < -0.3 is 9.47 Å². The van der Waals surface area contributed by atoms with E-state index in [2.05, 4.69) is 31.1 Å². The number of esters is 2. The minimum absolute atomic E-state index is 0.0144. The lowest BCUT2D eigenvalue weighted by Crippen LogP contribution is -2.04. The Hall–Kier alpha value is -2.62. The molecule has 92 valence electrons. The van der Waals surface area contributed by atoms with Gasteiger partial charge in [0.15, 0.2) is 0 Å². The zero-order chi connectivity index (χ0) is 13.7. The highest BCUT2D eigenvalue weighted by molar-refractivity contribution is 6.15. The molecule has 0 spiro atoms. The third-order valence-electron chi connectivity index (χ3n) is 2.03. The SMILES string of the molecule is C=C/C=C\C(=C)OC(=C)C1=C(C=C)C(=O)OC1=O. The maximum atomic E-state index is 11.4. The van der Waals surface area contributed by atoms with Gasteiger partial charge in [-0.05, 0) is 6.08 Å². The van der Waals surface area contributed by atoms with Crippen LogP contribution >= 0.6 is 0 Å². The molecule has 0 saturated heterocycles. The Balaban J connectivity index is 2.93. The minimum Gasteiger partial charge on any atom is -0.458 e. The summed E-state index contributed by atoms with van der Waals surface area (Å²) in [5.74, 6) is -1.33. The van der Waals surface area contributed by atoms with E-state index in [1.54, 1.807) is 12.2 Å². The van der Waals surface area contributed by atoms with Gasteiger partial charge in [0.05, 0.1) is 5.57 Å². The molecule has 0 aromatic heterocycles. The maximum Gasteiger partial charge on any atom is 0.350 e. The van der Waals surface area contributed by atoms with Crippen LogP contribution in [0.2, 0.25) is 0 Å². The lowest BCUT2D eigenvalue weighted by Gasteiger charge is -2.07. The van der Waals surface area contributed by atoms with Gasteiger partial charge in [0.1, 0.15) is 17.1 Å². The van der Waals surface area contributed by atoms with Crippen LogP contribution in [0.15, 0.2) is 73.3 Å². The van der Waals surface area contributed by atoms with Gasteiger partial charge in [0.25, 0.3) is 0 Å². The molecular weight excluding hydrogens is 232 g/mol. The van der Waals surface area contributed by atoms with Crippen LogP contribution in [0.1, 0.15) is 0 Å². The van der Waals surface area contributed by atoms with Crippen LogP contribution in [0.4, 0.5) is 0 Å². The standard InChI is InChI=1S/C14H12O4/c1-5-7-8-9(3)17-10(4)12-11(6-2)13(15)18-14(12)16/h5-8H,1-4H2/b8-7-. The summed E-state index contributed by atoms with van der Waals surface area (Å²) in [6.07, 6.45) is 5.91. The van der Waals surface area contributed by atoms with Gasteiger partial charge in [0.2, 0.25) is 0 Å². The quantitative estimate of drug-likeness (QED) is 0.311. The van der Waals surface area contributed by atoms with E-state index in [-0.39, 0.29) is 22.7 Å². The van der Waals surface area contributed by atoms with Gasteiger partial charge in [-0.25, -0.2) is 9.59 Å². The van der Waals surface area contributed by atoms with Crippen molar-refractivity contribution < 1.29 is 19.1 Å². The first kappa shape index (κ1) is 13.4. The van der Waals surface area contributed by atoms with Gasteiger partial charge in [-0.15, -0.1) is 0 Å². The van der Waals surface area contributed by atoms with Crippen molar-refractivity contribution in [2.45, 2.75) is 0 Å². The first-order chi connectivity index (χ1) is 8.51. The Labute approximate surface area is 105 Å². The predicted octanol–water partition coefficient (Wildman–Crippen LogP) is 2.34. The highest BCUT2D eigenvalue weighted by atomic mass is 16.6. The third kappa shape index (κ3) is 2.74. The highest BCUT2D eigenvalue weighted by Gasteiger charge is 2.33. The highest BCUT2D eigenvalue weighted by Crippen LogP contribution is 2.26. The van der Waals surface area contributed by atoms with E-state index in [1.807, 2.05) is 0 Å². The van der Waals surface area contributed by atoms with Crippen LogP contribution < -0.4 is 0 Å². The first-order valence-corrected chi connectivity index (χ1v) is 4.99. The van der Waals surface area contributed by atoms with Gasteiger partial charge in [0, 0.05) is 0 Å². The second-order valence-electron chi connectivity index (χ2n) is 3.26. The Morgan fingerprint density at radius 3 is 2.39 bits per heavy atom. The minimum atomic E-state index is -0.805. The number of allylic oxidation sites excluding steroid dienone is 3. The summed E-state index contributed by atoms with van der Waals surface area (Å²) >= 11 is 0. The Morgan fingerprint density at radius 2 is 1.83 bits per heavy atom. The van der Waals surface area contributed by atoms with Crippen molar-refractivity contribution in [2.75, 3.05) is 0 Å². The first-order valence-electron chi connectivity index (χ1n) is 4.99. The summed E-state index contributed by atoms with van der Waals surface area (Å²) in [6, 6.07) is 0. The molecular formula is C14H12O4. The number of hydrogen-bond acceptors (Lipinski definition) is 4. The number of rotatable bonds is 6. The number of carbonyl (C=O) groups is 2. The molecule has 0 aromatic carbocycles. The lowest BCUT2D eigenvalue weighted by atomic mass is 10.1. The molecule has 0 fully saturated rings. The number of ether oxygens (including phenoxy) is 2. The average molecular weight is 244 g/mol. The monoisotopic (exact) mass is 244 g/mol. The summed E-state index contributed by atoms with van der Waals surface area (Å²) in [7, 11) is 0. The van der Waals surface area contributed by atoms with E-state index in [0.29, 0.717) is 0 Å². The number of hydrogen-bond donors (Lipinski definition) is 0. The molecule has 1 rings (SSSR count). The lowest BCUT2D eigenvalue weighted by molar-refractivity contribution is -0.150. The molecule has 4 heteroatoms. The van der Waals surface area contributed by atoms with Gasteiger partial charge in [-0.2, -0.15) is 0 Å². The molecule has 18 heavy (non-hydrogen) atoms. The van der Waals surface area contributed by atoms with E-state index in [0.717, 1.165) is 0 Å². The molecule has 0 N–H and O–H groups in total. The summed E-state index contributed by atoms with van der Waals surface area (Å²) < 4.78 is 9.64. The molecule has 0 radical (unpaired) electrons. The van der Waals surface area contributed by atoms with Crippen molar-refractivity contribution in [3.63, 3.8) is 0 Å².